The van der Waals surface area contributed by atoms with E-state index in [0.29, 0.717) is 18.3 Å². The van der Waals surface area contributed by atoms with Gasteiger partial charge in [0.15, 0.2) is 0 Å². The fourth-order valence-electron chi connectivity index (χ4n) is 1.33. The maximum atomic E-state index is 5.03. The second-order valence-corrected chi connectivity index (χ2v) is 3.27. The van der Waals surface area contributed by atoms with Crippen molar-refractivity contribution >= 4 is 0 Å². The van der Waals surface area contributed by atoms with Crippen molar-refractivity contribution < 1.29 is 9.26 Å². The molecule has 78 valence electrons. The molecular weight excluding hydrogens is 192 g/mol. The summed E-state index contributed by atoms with van der Waals surface area (Å²) in [6, 6.07) is 7.90. The van der Waals surface area contributed by atoms with Gasteiger partial charge < -0.3 is 9.26 Å². The molecule has 0 radical (unpaired) electrons. The highest BCUT2D eigenvalue weighted by molar-refractivity contribution is 5.54. The summed E-state index contributed by atoms with van der Waals surface area (Å²) in [5.74, 6) is 1.20. The number of nitrogens with zero attached hydrogens (tertiary/aromatic N) is 2. The Hall–Kier alpha value is -1.68. The van der Waals surface area contributed by atoms with Crippen molar-refractivity contribution in [2.45, 2.75) is 13.5 Å². The van der Waals surface area contributed by atoms with E-state index in [0.717, 1.165) is 11.1 Å². The van der Waals surface area contributed by atoms with E-state index in [1.807, 2.05) is 24.3 Å². The molecule has 0 amide bonds. The van der Waals surface area contributed by atoms with Gasteiger partial charge in [0.25, 0.3) is 0 Å². The number of rotatable bonds is 3. The van der Waals surface area contributed by atoms with Gasteiger partial charge in [0.1, 0.15) is 0 Å². The number of methoxy groups -OCH3 is 1. The summed E-state index contributed by atoms with van der Waals surface area (Å²) < 4.78 is 9.94. The van der Waals surface area contributed by atoms with Gasteiger partial charge in [0, 0.05) is 19.6 Å². The van der Waals surface area contributed by atoms with Crippen LogP contribution in [0.4, 0.5) is 0 Å². The van der Waals surface area contributed by atoms with E-state index in [4.69, 9.17) is 9.26 Å². The Morgan fingerprint density at radius 2 is 2.00 bits per heavy atom. The maximum absolute atomic E-state index is 5.03. The second-order valence-electron chi connectivity index (χ2n) is 3.27. The summed E-state index contributed by atoms with van der Waals surface area (Å²) in [4.78, 5) is 4.15. The van der Waals surface area contributed by atoms with Crippen LogP contribution in [0.3, 0.4) is 0 Å². The molecule has 2 rings (SSSR count). The molecule has 0 fully saturated rings. The molecule has 1 aromatic heterocycles. The Morgan fingerprint density at radius 3 is 2.53 bits per heavy atom. The quantitative estimate of drug-likeness (QED) is 0.768. The van der Waals surface area contributed by atoms with Gasteiger partial charge >= 0.3 is 0 Å². The van der Waals surface area contributed by atoms with Gasteiger partial charge in [-0.1, -0.05) is 29.4 Å². The first-order valence-corrected chi connectivity index (χ1v) is 4.68. The number of hydrogen-bond donors (Lipinski definition) is 0. The van der Waals surface area contributed by atoms with Gasteiger partial charge in [-0.3, -0.25) is 0 Å². The molecule has 0 bridgehead atoms. The molecule has 0 unspecified atom stereocenters. The van der Waals surface area contributed by atoms with Crippen molar-refractivity contribution in [2.24, 2.45) is 0 Å². The lowest BCUT2D eigenvalue weighted by Gasteiger charge is -1.99. The summed E-state index contributed by atoms with van der Waals surface area (Å²) in [6.45, 7) is 2.39. The van der Waals surface area contributed by atoms with Crippen LogP contribution < -0.4 is 0 Å². The molecule has 0 aliphatic carbocycles. The Kier molecular flexibility index (Phi) is 2.78. The fraction of sp³-hybridized carbons (Fsp3) is 0.273. The molecule has 0 saturated heterocycles. The molecule has 1 heterocycles. The van der Waals surface area contributed by atoms with E-state index in [2.05, 4.69) is 10.1 Å². The average molecular weight is 204 g/mol. The van der Waals surface area contributed by atoms with E-state index < -0.39 is 0 Å². The largest absolute Gasteiger partial charge is 0.380 e. The summed E-state index contributed by atoms with van der Waals surface area (Å²) >= 11 is 0. The lowest BCUT2D eigenvalue weighted by atomic mass is 10.1. The Balaban J connectivity index is 2.23. The zero-order valence-corrected chi connectivity index (χ0v) is 8.73. The van der Waals surface area contributed by atoms with Crippen molar-refractivity contribution in [3.05, 3.63) is 35.7 Å². The third kappa shape index (κ3) is 2.22. The van der Waals surface area contributed by atoms with Gasteiger partial charge in [-0.05, 0) is 5.56 Å². The fourth-order valence-corrected chi connectivity index (χ4v) is 1.33. The third-order valence-corrected chi connectivity index (χ3v) is 2.05. The van der Waals surface area contributed by atoms with Gasteiger partial charge in [-0.2, -0.15) is 4.98 Å². The lowest BCUT2D eigenvalue weighted by Crippen LogP contribution is -1.87. The van der Waals surface area contributed by atoms with Crippen molar-refractivity contribution in [1.29, 1.82) is 0 Å². The molecule has 0 atom stereocenters. The maximum Gasteiger partial charge on any atom is 0.223 e. The summed E-state index contributed by atoms with van der Waals surface area (Å²) in [7, 11) is 1.68. The van der Waals surface area contributed by atoms with Crippen LogP contribution in [-0.2, 0) is 11.3 Å². The molecule has 0 saturated carbocycles. The summed E-state index contributed by atoms with van der Waals surface area (Å²) in [6.07, 6.45) is 0. The molecule has 1 aromatic carbocycles. The Bertz CT molecular complexity index is 434. The zero-order chi connectivity index (χ0) is 10.7. The molecular formula is C11H12N2O2. The van der Waals surface area contributed by atoms with Crippen molar-refractivity contribution in [2.75, 3.05) is 7.11 Å². The number of hydrogen-bond acceptors (Lipinski definition) is 4. The van der Waals surface area contributed by atoms with Crippen LogP contribution in [0.15, 0.2) is 28.8 Å². The average Bonchev–Trinajstić information content (AvgIpc) is 2.67. The van der Waals surface area contributed by atoms with E-state index in [1.54, 1.807) is 14.0 Å². The number of ether oxygens (including phenoxy) is 1. The number of aryl methyl sites for hydroxylation is 1. The molecule has 0 spiro atoms. The van der Waals surface area contributed by atoms with Crippen molar-refractivity contribution in [3.8, 4) is 11.4 Å². The minimum absolute atomic E-state index is 0.575. The predicted molar refractivity (Wildman–Crippen MR) is 55.2 cm³/mol. The number of benzene rings is 1. The smallest absolute Gasteiger partial charge is 0.223 e. The first-order chi connectivity index (χ1) is 7.29. The molecule has 0 aliphatic rings. The van der Waals surface area contributed by atoms with Crippen LogP contribution in [-0.4, -0.2) is 17.3 Å². The van der Waals surface area contributed by atoms with Gasteiger partial charge in [0.2, 0.25) is 11.7 Å². The Labute approximate surface area is 87.9 Å². The van der Waals surface area contributed by atoms with E-state index in [-0.39, 0.29) is 0 Å². The van der Waals surface area contributed by atoms with Crippen LogP contribution in [0.2, 0.25) is 0 Å². The van der Waals surface area contributed by atoms with Crippen LogP contribution in [0.1, 0.15) is 11.5 Å². The van der Waals surface area contributed by atoms with Crippen LogP contribution in [0, 0.1) is 6.92 Å². The second kappa shape index (κ2) is 4.23. The summed E-state index contributed by atoms with van der Waals surface area (Å²) in [5.41, 5.74) is 2.08. The normalized spacial score (nSPS) is 10.5. The minimum atomic E-state index is 0.575. The highest BCUT2D eigenvalue weighted by Crippen LogP contribution is 2.16. The first-order valence-electron chi connectivity index (χ1n) is 4.68. The molecule has 2 aromatic rings. The van der Waals surface area contributed by atoms with Gasteiger partial charge in [-0.25, -0.2) is 0 Å². The molecule has 0 N–H and O–H groups in total. The topological polar surface area (TPSA) is 48.2 Å². The van der Waals surface area contributed by atoms with Crippen molar-refractivity contribution in [3.63, 3.8) is 0 Å². The van der Waals surface area contributed by atoms with Crippen molar-refractivity contribution in [1.82, 2.24) is 10.1 Å². The van der Waals surface area contributed by atoms with E-state index >= 15 is 0 Å². The SMILES string of the molecule is COCc1ccc(-c2noc(C)n2)cc1. The number of aromatic nitrogens is 2. The third-order valence-electron chi connectivity index (χ3n) is 2.05. The highest BCUT2D eigenvalue weighted by Gasteiger charge is 2.04. The summed E-state index contributed by atoms with van der Waals surface area (Å²) in [5, 5.41) is 3.84. The highest BCUT2D eigenvalue weighted by atomic mass is 16.5. The predicted octanol–water partition coefficient (Wildman–Crippen LogP) is 2.19. The molecule has 15 heavy (non-hydrogen) atoms. The first kappa shape index (κ1) is 9.86. The van der Waals surface area contributed by atoms with Crippen LogP contribution in [0.25, 0.3) is 11.4 Å². The molecule has 4 nitrogen and oxygen atoms in total. The Morgan fingerprint density at radius 1 is 1.27 bits per heavy atom. The molecule has 0 aliphatic heterocycles. The van der Waals surface area contributed by atoms with E-state index in [1.165, 1.54) is 0 Å². The lowest BCUT2D eigenvalue weighted by molar-refractivity contribution is 0.185. The van der Waals surface area contributed by atoms with Gasteiger partial charge in [0.05, 0.1) is 6.61 Å². The monoisotopic (exact) mass is 204 g/mol. The minimum Gasteiger partial charge on any atom is -0.380 e. The van der Waals surface area contributed by atoms with Gasteiger partial charge in [-0.15, -0.1) is 0 Å². The zero-order valence-electron chi connectivity index (χ0n) is 8.73. The molecule has 4 heteroatoms. The van der Waals surface area contributed by atoms with Crippen LogP contribution >= 0.6 is 0 Å². The van der Waals surface area contributed by atoms with Crippen LogP contribution in [0.5, 0.6) is 0 Å². The standard InChI is InChI=1S/C11H12N2O2/c1-8-12-11(13-15-8)10-5-3-9(4-6-10)7-14-2/h3-6H,7H2,1-2H3. The van der Waals surface area contributed by atoms with E-state index in [9.17, 15) is 0 Å².